The fraction of sp³-hybridized carbons (Fsp3) is 0.312. The summed E-state index contributed by atoms with van der Waals surface area (Å²) in [5.74, 6) is -5.31. The van der Waals surface area contributed by atoms with Crippen LogP contribution in [0, 0.1) is 23.0 Å². The van der Waals surface area contributed by atoms with Gasteiger partial charge in [-0.25, -0.2) is 26.0 Å². The third-order valence-electron chi connectivity index (χ3n) is 7.21. The van der Waals surface area contributed by atoms with Gasteiger partial charge in [0.15, 0.2) is 9.84 Å². The highest BCUT2D eigenvalue weighted by molar-refractivity contribution is 7.91. The molecule has 2 aromatic heterocycles. The van der Waals surface area contributed by atoms with Crippen LogP contribution in [0.25, 0.3) is 21.0 Å². The molecule has 0 fully saturated rings. The normalized spacial score (nSPS) is 11.9. The molecule has 0 atom stereocenters. The lowest BCUT2D eigenvalue weighted by molar-refractivity contribution is -0.0162. The number of thiophene rings is 1. The van der Waals surface area contributed by atoms with Crippen LogP contribution < -0.4 is 5.56 Å². The number of rotatable bonds is 12. The lowest BCUT2D eigenvalue weighted by Crippen LogP contribution is -2.30. The molecule has 0 unspecified atom stereocenters. The third-order valence-corrected chi connectivity index (χ3v) is 10.1. The molecule has 5 nitrogen and oxygen atoms in total. The zero-order valence-corrected chi connectivity index (χ0v) is 25.3. The number of nitrogens with zero attached hydrogens (tertiary/aromatic N) is 2. The van der Waals surface area contributed by atoms with Crippen molar-refractivity contribution in [2.75, 3.05) is 5.75 Å². The summed E-state index contributed by atoms with van der Waals surface area (Å²) in [5.41, 5.74) is -1.92. The lowest BCUT2D eigenvalue weighted by Gasteiger charge is -2.21. The number of hydrogen-bond donors (Lipinski definition) is 0. The van der Waals surface area contributed by atoms with Gasteiger partial charge in [-0.15, -0.1) is 11.3 Å². The number of unbranched alkanes of at least 4 members (excludes halogenated alkanes) is 3. The predicted octanol–water partition coefficient (Wildman–Crippen LogP) is 8.30. The van der Waals surface area contributed by atoms with Crippen LogP contribution >= 0.6 is 11.3 Å². The number of hydrogen-bond acceptors (Lipinski definition) is 5. The lowest BCUT2D eigenvalue weighted by atomic mass is 9.97. The smallest absolute Gasteiger partial charge is 0.274 e. The Morgan fingerprint density at radius 3 is 2.37 bits per heavy atom. The molecule has 43 heavy (non-hydrogen) atoms. The second-order valence-corrected chi connectivity index (χ2v) is 13.5. The van der Waals surface area contributed by atoms with Crippen molar-refractivity contribution in [3.63, 3.8) is 0 Å². The quantitative estimate of drug-likeness (QED) is 0.117. The van der Waals surface area contributed by atoms with Gasteiger partial charge in [0, 0.05) is 28.5 Å². The van der Waals surface area contributed by atoms with E-state index in [-0.39, 0.29) is 28.3 Å². The van der Waals surface area contributed by atoms with Crippen LogP contribution in [0.1, 0.15) is 62.6 Å². The standard InChI is InChI=1S/C32H30F4N2O3S2/c1-3-5-6-7-15-32(35,36)26-18-28(38(31(39)25(26)19-37)20-22-11-12-23(33)17-27(22)34)30-14-13-29(42-30)21-9-8-10-24(16-21)43(40,41)4-2/h8-14,16-18H,3-7,15,20H2,1-2H3. The number of pyridine rings is 1. The molecule has 0 aliphatic heterocycles. The summed E-state index contributed by atoms with van der Waals surface area (Å²) in [7, 11) is -3.49. The van der Waals surface area contributed by atoms with E-state index in [0.29, 0.717) is 27.8 Å². The van der Waals surface area contributed by atoms with Gasteiger partial charge >= 0.3 is 0 Å². The molecule has 0 saturated heterocycles. The first-order chi connectivity index (χ1) is 20.4. The van der Waals surface area contributed by atoms with E-state index in [1.54, 1.807) is 30.3 Å². The molecule has 11 heteroatoms. The van der Waals surface area contributed by atoms with E-state index >= 15 is 8.78 Å². The molecule has 0 bridgehead atoms. The SMILES string of the molecule is CCCCCCC(F)(F)c1cc(-c2ccc(-c3cccc(S(=O)(=O)CC)c3)s2)n(Cc2ccc(F)cc2F)c(=O)c1C#N. The topological polar surface area (TPSA) is 79.9 Å². The number of benzene rings is 2. The molecule has 0 amide bonds. The van der Waals surface area contributed by atoms with Crippen molar-refractivity contribution in [3.05, 3.63) is 99.3 Å². The second kappa shape index (κ2) is 13.3. The molecule has 0 spiro atoms. The van der Waals surface area contributed by atoms with Crippen molar-refractivity contribution < 1.29 is 26.0 Å². The Balaban J connectivity index is 1.89. The highest BCUT2D eigenvalue weighted by atomic mass is 32.2. The summed E-state index contributed by atoms with van der Waals surface area (Å²) in [6.45, 7) is 3.06. The zero-order valence-electron chi connectivity index (χ0n) is 23.7. The van der Waals surface area contributed by atoms with Crippen molar-refractivity contribution >= 4 is 21.2 Å². The van der Waals surface area contributed by atoms with Gasteiger partial charge in [-0.1, -0.05) is 51.3 Å². The molecule has 0 N–H and O–H groups in total. The minimum atomic E-state index is -3.49. The Labute approximate surface area is 252 Å². The molecule has 226 valence electrons. The Morgan fingerprint density at radius 1 is 0.953 bits per heavy atom. The highest BCUT2D eigenvalue weighted by Crippen LogP contribution is 2.40. The van der Waals surface area contributed by atoms with Crippen LogP contribution in [0.2, 0.25) is 0 Å². The molecular weight excluding hydrogens is 600 g/mol. The Bertz CT molecular complexity index is 1840. The number of alkyl halides is 2. The van der Waals surface area contributed by atoms with Crippen molar-refractivity contribution in [1.82, 2.24) is 4.57 Å². The van der Waals surface area contributed by atoms with Gasteiger partial charge < -0.3 is 4.57 Å². The van der Waals surface area contributed by atoms with Crippen molar-refractivity contribution in [2.45, 2.75) is 63.3 Å². The molecule has 0 aliphatic rings. The van der Waals surface area contributed by atoms with E-state index in [1.165, 1.54) is 19.1 Å². The van der Waals surface area contributed by atoms with Crippen molar-refractivity contribution in [1.29, 1.82) is 5.26 Å². The summed E-state index contributed by atoms with van der Waals surface area (Å²) in [6.07, 6.45) is 1.85. The highest BCUT2D eigenvalue weighted by Gasteiger charge is 2.36. The first-order valence-electron chi connectivity index (χ1n) is 13.9. The fourth-order valence-electron chi connectivity index (χ4n) is 4.77. The van der Waals surface area contributed by atoms with Crippen LogP contribution in [0.15, 0.2) is 70.4 Å². The number of nitriles is 1. The van der Waals surface area contributed by atoms with E-state index in [1.807, 2.05) is 6.92 Å². The molecule has 4 aromatic rings. The van der Waals surface area contributed by atoms with E-state index in [2.05, 4.69) is 0 Å². The fourth-order valence-corrected chi connectivity index (χ4v) is 6.73. The average Bonchev–Trinajstić information content (AvgIpc) is 3.47. The van der Waals surface area contributed by atoms with Crippen molar-refractivity contribution in [3.8, 4) is 27.1 Å². The molecule has 0 saturated carbocycles. The summed E-state index contributed by atoms with van der Waals surface area (Å²) < 4.78 is 85.3. The maximum Gasteiger partial charge on any atom is 0.274 e. The van der Waals surface area contributed by atoms with Gasteiger partial charge in [-0.05, 0) is 48.4 Å². The van der Waals surface area contributed by atoms with Gasteiger partial charge in [0.1, 0.15) is 23.3 Å². The van der Waals surface area contributed by atoms with Gasteiger partial charge in [0.2, 0.25) is 0 Å². The molecule has 2 heterocycles. The Kier molecular flexibility index (Phi) is 9.93. The molecule has 2 aromatic carbocycles. The van der Waals surface area contributed by atoms with Crippen molar-refractivity contribution in [2.24, 2.45) is 0 Å². The number of aromatic nitrogens is 1. The summed E-state index contributed by atoms with van der Waals surface area (Å²) in [6, 6.07) is 15.2. The predicted molar refractivity (Wildman–Crippen MR) is 160 cm³/mol. The molecule has 0 aliphatic carbocycles. The first kappa shape index (κ1) is 32.2. The maximum absolute atomic E-state index is 15.6. The third kappa shape index (κ3) is 7.08. The Morgan fingerprint density at radius 2 is 1.70 bits per heavy atom. The van der Waals surface area contributed by atoms with E-state index in [4.69, 9.17) is 0 Å². The van der Waals surface area contributed by atoms with E-state index in [9.17, 15) is 27.3 Å². The van der Waals surface area contributed by atoms with E-state index in [0.717, 1.165) is 46.9 Å². The summed E-state index contributed by atoms with van der Waals surface area (Å²) in [4.78, 5) is 14.7. The van der Waals surface area contributed by atoms with E-state index < -0.39 is 57.0 Å². The zero-order chi connectivity index (χ0) is 31.4. The summed E-state index contributed by atoms with van der Waals surface area (Å²) >= 11 is 1.13. The second-order valence-electron chi connectivity index (χ2n) is 10.2. The monoisotopic (exact) mass is 630 g/mol. The Hall–Kier alpha value is -3.75. The average molecular weight is 631 g/mol. The molecular formula is C32H30F4N2O3S2. The van der Waals surface area contributed by atoms with Gasteiger partial charge in [0.25, 0.3) is 11.5 Å². The van der Waals surface area contributed by atoms with Crippen LogP contribution in [-0.2, 0) is 22.3 Å². The van der Waals surface area contributed by atoms with Gasteiger partial charge in [0.05, 0.1) is 27.8 Å². The number of sulfone groups is 1. The minimum Gasteiger partial charge on any atom is -0.302 e. The minimum absolute atomic E-state index is 0.0320. The summed E-state index contributed by atoms with van der Waals surface area (Å²) in [5, 5.41) is 9.81. The maximum atomic E-state index is 15.6. The molecule has 4 rings (SSSR count). The van der Waals surface area contributed by atoms with Gasteiger partial charge in [-0.2, -0.15) is 5.26 Å². The largest absolute Gasteiger partial charge is 0.302 e. The number of halogens is 4. The van der Waals surface area contributed by atoms with Gasteiger partial charge in [-0.3, -0.25) is 4.79 Å². The van der Waals surface area contributed by atoms with Crippen LogP contribution in [0.3, 0.4) is 0 Å². The molecule has 0 radical (unpaired) electrons. The first-order valence-corrected chi connectivity index (χ1v) is 16.3. The van der Waals surface area contributed by atoms with Crippen LogP contribution in [0.4, 0.5) is 17.6 Å². The van der Waals surface area contributed by atoms with Crippen LogP contribution in [0.5, 0.6) is 0 Å². The van der Waals surface area contributed by atoms with Crippen LogP contribution in [-0.4, -0.2) is 18.7 Å².